The molecule has 0 aromatic rings. The Labute approximate surface area is 266 Å². The van der Waals surface area contributed by atoms with Crippen LogP contribution in [-0.4, -0.2) is 12.6 Å². The standard InChI is InChI=1S/C40H78O2/c1-4-5-6-7-8-9-10-11-15-19-22-25-28-31-34-37-40(41)42-38-35-32-29-26-23-20-17-14-12-13-16-18-21-24-27-30-33-36-39(2)3/h11,15,39H,4-10,12-14,16-38H2,1-3H3/b15-11-. The van der Waals surface area contributed by atoms with Crippen LogP contribution < -0.4 is 0 Å². The zero-order chi connectivity index (χ0) is 30.6. The minimum atomic E-state index is 0.0183. The van der Waals surface area contributed by atoms with Gasteiger partial charge in [0.15, 0.2) is 0 Å². The van der Waals surface area contributed by atoms with Crippen molar-refractivity contribution >= 4 is 5.97 Å². The molecule has 42 heavy (non-hydrogen) atoms. The predicted octanol–water partition coefficient (Wildman–Crippen LogP) is 14.2. The molecule has 0 aliphatic heterocycles. The molecule has 0 atom stereocenters. The topological polar surface area (TPSA) is 26.3 Å². The van der Waals surface area contributed by atoms with Gasteiger partial charge in [0.05, 0.1) is 6.61 Å². The van der Waals surface area contributed by atoms with Crippen LogP contribution in [0.3, 0.4) is 0 Å². The first-order chi connectivity index (χ1) is 20.7. The number of hydrogen-bond donors (Lipinski definition) is 0. The summed E-state index contributed by atoms with van der Waals surface area (Å²) in [5, 5.41) is 0. The van der Waals surface area contributed by atoms with Crippen LogP contribution in [0.2, 0.25) is 0 Å². The fourth-order valence-corrected chi connectivity index (χ4v) is 5.90. The van der Waals surface area contributed by atoms with E-state index in [-0.39, 0.29) is 5.97 Å². The molecule has 0 spiro atoms. The molecule has 0 N–H and O–H groups in total. The molecule has 250 valence electrons. The van der Waals surface area contributed by atoms with Crippen LogP contribution in [0, 0.1) is 5.92 Å². The molecule has 0 radical (unpaired) electrons. The van der Waals surface area contributed by atoms with Gasteiger partial charge in [-0.05, 0) is 44.4 Å². The second-order valence-corrected chi connectivity index (χ2v) is 13.7. The summed E-state index contributed by atoms with van der Waals surface area (Å²) < 4.78 is 5.45. The van der Waals surface area contributed by atoms with Crippen molar-refractivity contribution < 1.29 is 9.53 Å². The van der Waals surface area contributed by atoms with Crippen LogP contribution in [0.5, 0.6) is 0 Å². The maximum Gasteiger partial charge on any atom is 0.305 e. The molecule has 0 aliphatic carbocycles. The molecule has 0 saturated carbocycles. The lowest BCUT2D eigenvalue weighted by Gasteiger charge is -2.06. The van der Waals surface area contributed by atoms with E-state index in [1.165, 1.54) is 180 Å². The first kappa shape index (κ1) is 41.2. The molecule has 0 saturated heterocycles. The van der Waals surface area contributed by atoms with E-state index >= 15 is 0 Å². The van der Waals surface area contributed by atoms with Gasteiger partial charge in [0.2, 0.25) is 0 Å². The van der Waals surface area contributed by atoms with Crippen molar-refractivity contribution in [2.45, 2.75) is 226 Å². The highest BCUT2D eigenvalue weighted by atomic mass is 16.5. The molecule has 0 bridgehead atoms. The average molecular weight is 591 g/mol. The highest BCUT2D eigenvalue weighted by Crippen LogP contribution is 2.16. The van der Waals surface area contributed by atoms with Crippen LogP contribution in [-0.2, 0) is 9.53 Å². The molecule has 0 aromatic heterocycles. The number of unbranched alkanes of at least 4 members (excludes halogenated alkanes) is 27. The Balaban J connectivity index is 3.18. The van der Waals surface area contributed by atoms with Crippen LogP contribution >= 0.6 is 0 Å². The molecule has 2 heteroatoms. The molecule has 0 aromatic carbocycles. The highest BCUT2D eigenvalue weighted by Gasteiger charge is 2.02. The van der Waals surface area contributed by atoms with E-state index < -0.39 is 0 Å². The predicted molar refractivity (Wildman–Crippen MR) is 188 cm³/mol. The fraction of sp³-hybridized carbons (Fsp3) is 0.925. The Morgan fingerprint density at radius 1 is 0.476 bits per heavy atom. The van der Waals surface area contributed by atoms with Crippen LogP contribution in [0.15, 0.2) is 12.2 Å². The van der Waals surface area contributed by atoms with Crippen molar-refractivity contribution in [3.63, 3.8) is 0 Å². The van der Waals surface area contributed by atoms with Crippen molar-refractivity contribution in [2.24, 2.45) is 5.92 Å². The quantitative estimate of drug-likeness (QED) is 0.0417. The van der Waals surface area contributed by atoms with Gasteiger partial charge < -0.3 is 4.74 Å². The summed E-state index contributed by atoms with van der Waals surface area (Å²) in [5.74, 6) is 0.898. The molecule has 0 amide bonds. The van der Waals surface area contributed by atoms with Crippen molar-refractivity contribution in [3.8, 4) is 0 Å². The molecule has 0 unspecified atom stereocenters. The van der Waals surface area contributed by atoms with E-state index in [1.54, 1.807) is 0 Å². The number of carbonyl (C=O) groups excluding carboxylic acids is 1. The zero-order valence-corrected chi connectivity index (χ0v) is 29.4. The molecule has 2 nitrogen and oxygen atoms in total. The molecular formula is C40H78O2. The van der Waals surface area contributed by atoms with Gasteiger partial charge in [-0.3, -0.25) is 4.79 Å². The van der Waals surface area contributed by atoms with Gasteiger partial charge in [0.25, 0.3) is 0 Å². The third kappa shape index (κ3) is 37.2. The van der Waals surface area contributed by atoms with Gasteiger partial charge in [-0.1, -0.05) is 193 Å². The summed E-state index contributed by atoms with van der Waals surface area (Å²) >= 11 is 0. The minimum Gasteiger partial charge on any atom is -0.466 e. The summed E-state index contributed by atoms with van der Waals surface area (Å²) in [6.45, 7) is 7.58. The van der Waals surface area contributed by atoms with Crippen molar-refractivity contribution in [1.82, 2.24) is 0 Å². The Bertz CT molecular complexity index is 538. The second-order valence-electron chi connectivity index (χ2n) is 13.7. The summed E-state index contributed by atoms with van der Waals surface area (Å²) in [4.78, 5) is 11.9. The summed E-state index contributed by atoms with van der Waals surface area (Å²) in [7, 11) is 0. The van der Waals surface area contributed by atoms with E-state index in [2.05, 4.69) is 32.9 Å². The largest absolute Gasteiger partial charge is 0.466 e. The monoisotopic (exact) mass is 591 g/mol. The Morgan fingerprint density at radius 2 is 0.833 bits per heavy atom. The Hall–Kier alpha value is -0.790. The number of rotatable bonds is 35. The normalized spacial score (nSPS) is 11.7. The highest BCUT2D eigenvalue weighted by molar-refractivity contribution is 5.69. The third-order valence-corrected chi connectivity index (χ3v) is 8.83. The lowest BCUT2D eigenvalue weighted by molar-refractivity contribution is -0.143. The second kappa shape index (κ2) is 36.4. The van der Waals surface area contributed by atoms with Gasteiger partial charge in [-0.2, -0.15) is 0 Å². The van der Waals surface area contributed by atoms with Gasteiger partial charge in [0.1, 0.15) is 0 Å². The maximum absolute atomic E-state index is 11.9. The summed E-state index contributed by atoms with van der Waals surface area (Å²) in [6.07, 6.45) is 47.1. The first-order valence-electron chi connectivity index (χ1n) is 19.5. The van der Waals surface area contributed by atoms with E-state index in [1.807, 2.05) is 0 Å². The molecule has 0 rings (SSSR count). The Morgan fingerprint density at radius 3 is 1.26 bits per heavy atom. The summed E-state index contributed by atoms with van der Waals surface area (Å²) in [5.41, 5.74) is 0. The smallest absolute Gasteiger partial charge is 0.305 e. The number of carbonyl (C=O) groups is 1. The van der Waals surface area contributed by atoms with Gasteiger partial charge in [-0.25, -0.2) is 0 Å². The minimum absolute atomic E-state index is 0.0183. The lowest BCUT2D eigenvalue weighted by Crippen LogP contribution is -2.05. The van der Waals surface area contributed by atoms with Crippen molar-refractivity contribution in [3.05, 3.63) is 12.2 Å². The van der Waals surface area contributed by atoms with Crippen molar-refractivity contribution in [2.75, 3.05) is 6.61 Å². The van der Waals surface area contributed by atoms with Gasteiger partial charge >= 0.3 is 5.97 Å². The molecular weight excluding hydrogens is 512 g/mol. The molecule has 0 aliphatic rings. The van der Waals surface area contributed by atoms with E-state index in [0.29, 0.717) is 13.0 Å². The number of esters is 1. The number of ether oxygens (including phenoxy) is 1. The fourth-order valence-electron chi connectivity index (χ4n) is 5.90. The zero-order valence-electron chi connectivity index (χ0n) is 29.4. The van der Waals surface area contributed by atoms with Crippen LogP contribution in [0.1, 0.15) is 226 Å². The third-order valence-electron chi connectivity index (χ3n) is 8.83. The summed E-state index contributed by atoms with van der Waals surface area (Å²) in [6, 6.07) is 0. The SMILES string of the molecule is CCCCCCCC/C=C\CCCCCCCC(=O)OCCCCCCCCCCCCCCCCCCCC(C)C. The van der Waals surface area contributed by atoms with Crippen LogP contribution in [0.4, 0.5) is 0 Å². The lowest BCUT2D eigenvalue weighted by atomic mass is 10.0. The van der Waals surface area contributed by atoms with E-state index in [4.69, 9.17) is 4.74 Å². The van der Waals surface area contributed by atoms with Crippen LogP contribution in [0.25, 0.3) is 0 Å². The maximum atomic E-state index is 11.9. The first-order valence-corrected chi connectivity index (χ1v) is 19.5. The molecule has 0 fully saturated rings. The van der Waals surface area contributed by atoms with Gasteiger partial charge in [-0.15, -0.1) is 0 Å². The molecule has 0 heterocycles. The van der Waals surface area contributed by atoms with E-state index in [9.17, 15) is 4.79 Å². The van der Waals surface area contributed by atoms with E-state index in [0.717, 1.165) is 25.2 Å². The van der Waals surface area contributed by atoms with Gasteiger partial charge in [0, 0.05) is 6.42 Å². The number of allylic oxidation sites excluding steroid dienone is 2. The Kier molecular flexibility index (Phi) is 35.7. The average Bonchev–Trinajstić information content (AvgIpc) is 2.98. The van der Waals surface area contributed by atoms with Crippen molar-refractivity contribution in [1.29, 1.82) is 0 Å². The number of hydrogen-bond acceptors (Lipinski definition) is 2.